The van der Waals surface area contributed by atoms with E-state index in [2.05, 4.69) is 0 Å². The second kappa shape index (κ2) is 7.00. The van der Waals surface area contributed by atoms with Gasteiger partial charge in [-0.1, -0.05) is 36.4 Å². The van der Waals surface area contributed by atoms with Gasteiger partial charge in [0.15, 0.2) is 0 Å². The van der Waals surface area contributed by atoms with Crippen LogP contribution in [0.25, 0.3) is 17.0 Å². The molecule has 0 aliphatic rings. The van der Waals surface area contributed by atoms with Crippen LogP contribution in [0.5, 0.6) is 0 Å². The average Bonchev–Trinajstić information content (AvgIpc) is 2.98. The molecule has 0 aliphatic carbocycles. The molecular weight excluding hydrogens is 320 g/mol. The minimum absolute atomic E-state index is 0.384. The molecule has 6 nitrogen and oxygen atoms in total. The van der Waals surface area contributed by atoms with E-state index in [4.69, 9.17) is 4.74 Å². The van der Waals surface area contributed by atoms with Crippen molar-refractivity contribution in [3.05, 3.63) is 87.7 Å². The quantitative estimate of drug-likeness (QED) is 0.404. The lowest BCUT2D eigenvalue weighted by atomic mass is 10.1. The normalized spacial score (nSPS) is 11.1. The topological polar surface area (TPSA) is 74.4 Å². The maximum atomic E-state index is 12.1. The number of ether oxygens (including phenoxy) is 1. The third-order valence-corrected chi connectivity index (χ3v) is 3.91. The molecular formula is C19H16N2O4. The van der Waals surface area contributed by atoms with Gasteiger partial charge in [-0.05, 0) is 17.7 Å². The number of hydrogen-bond acceptors (Lipinski definition) is 4. The summed E-state index contributed by atoms with van der Waals surface area (Å²) in [5, 5.41) is 11.3. The van der Waals surface area contributed by atoms with Crippen LogP contribution in [0.15, 0.2) is 60.9 Å². The highest BCUT2D eigenvalue weighted by Crippen LogP contribution is 2.28. The molecule has 0 N–H and O–H groups in total. The monoisotopic (exact) mass is 336 g/mol. The Bertz CT molecular complexity index is 958. The van der Waals surface area contributed by atoms with Gasteiger partial charge in [0.05, 0.1) is 17.6 Å². The fraction of sp³-hybridized carbons (Fsp3) is 0.105. The van der Waals surface area contributed by atoms with E-state index in [9.17, 15) is 14.9 Å². The molecule has 1 heterocycles. The Morgan fingerprint density at radius 1 is 1.20 bits per heavy atom. The number of nitrogens with zero attached hydrogens (tertiary/aromatic N) is 2. The summed E-state index contributed by atoms with van der Waals surface area (Å²) in [7, 11) is 1.31. The zero-order valence-electron chi connectivity index (χ0n) is 13.6. The smallest absolute Gasteiger partial charge is 0.338 e. The van der Waals surface area contributed by atoms with Crippen LogP contribution in [0.3, 0.4) is 0 Å². The lowest BCUT2D eigenvalue weighted by Crippen LogP contribution is -2.02. The lowest BCUT2D eigenvalue weighted by molar-refractivity contribution is -0.400. The van der Waals surface area contributed by atoms with Gasteiger partial charge in [-0.25, -0.2) is 4.79 Å². The molecule has 6 heteroatoms. The highest BCUT2D eigenvalue weighted by atomic mass is 16.6. The molecule has 0 fully saturated rings. The fourth-order valence-corrected chi connectivity index (χ4v) is 2.84. The van der Waals surface area contributed by atoms with E-state index >= 15 is 0 Å². The molecule has 3 aromatic rings. The van der Waals surface area contributed by atoms with Crippen molar-refractivity contribution in [3.63, 3.8) is 0 Å². The van der Waals surface area contributed by atoms with Crippen molar-refractivity contribution in [1.29, 1.82) is 0 Å². The Morgan fingerprint density at radius 3 is 2.64 bits per heavy atom. The van der Waals surface area contributed by atoms with Crippen molar-refractivity contribution in [2.45, 2.75) is 6.54 Å². The maximum absolute atomic E-state index is 12.1. The first kappa shape index (κ1) is 16.4. The Labute approximate surface area is 144 Å². The van der Waals surface area contributed by atoms with Crippen LogP contribution in [0.2, 0.25) is 0 Å². The van der Waals surface area contributed by atoms with E-state index in [0.29, 0.717) is 23.1 Å². The number of carbonyl (C=O) groups is 1. The SMILES string of the molecule is COC(=O)c1cccc2c1c(C=C[N+](=O)[O-])cn2Cc1ccccc1. The van der Waals surface area contributed by atoms with Gasteiger partial charge >= 0.3 is 5.97 Å². The van der Waals surface area contributed by atoms with Crippen LogP contribution in [-0.4, -0.2) is 22.6 Å². The predicted octanol–water partition coefficient (Wildman–Crippen LogP) is 3.72. The van der Waals surface area contributed by atoms with Crippen LogP contribution in [0.1, 0.15) is 21.5 Å². The van der Waals surface area contributed by atoms with Crippen molar-refractivity contribution >= 4 is 22.9 Å². The number of fused-ring (bicyclic) bond motifs is 1. The van der Waals surface area contributed by atoms with E-state index in [-0.39, 0.29) is 0 Å². The predicted molar refractivity (Wildman–Crippen MR) is 94.8 cm³/mol. The molecule has 2 aromatic carbocycles. The van der Waals surface area contributed by atoms with Crippen LogP contribution in [0.4, 0.5) is 0 Å². The first-order chi connectivity index (χ1) is 12.1. The van der Waals surface area contributed by atoms with Crippen LogP contribution in [-0.2, 0) is 11.3 Å². The van der Waals surface area contributed by atoms with Gasteiger partial charge in [-0.3, -0.25) is 10.1 Å². The van der Waals surface area contributed by atoms with Gasteiger partial charge in [0.25, 0.3) is 0 Å². The van der Waals surface area contributed by atoms with E-state index in [1.807, 2.05) is 47.2 Å². The highest BCUT2D eigenvalue weighted by molar-refractivity contribution is 6.07. The van der Waals surface area contributed by atoms with Crippen LogP contribution < -0.4 is 0 Å². The number of methoxy groups -OCH3 is 1. The number of hydrogen-bond donors (Lipinski definition) is 0. The van der Waals surface area contributed by atoms with Gasteiger partial charge in [-0.2, -0.15) is 0 Å². The third-order valence-electron chi connectivity index (χ3n) is 3.91. The molecule has 1 aromatic heterocycles. The number of nitro groups is 1. The highest BCUT2D eigenvalue weighted by Gasteiger charge is 2.17. The molecule has 0 saturated carbocycles. The largest absolute Gasteiger partial charge is 0.465 e. The summed E-state index contributed by atoms with van der Waals surface area (Å²) in [6, 6.07) is 15.2. The standard InChI is InChI=1S/C19H16N2O4/c1-25-19(22)16-8-5-9-17-18(16)15(10-11-21(23)24)13-20(17)12-14-6-3-2-4-7-14/h2-11,13H,12H2,1H3. The molecule has 0 atom stereocenters. The first-order valence-corrected chi connectivity index (χ1v) is 7.66. The Kier molecular flexibility index (Phi) is 4.61. The average molecular weight is 336 g/mol. The second-order valence-corrected chi connectivity index (χ2v) is 5.49. The molecule has 3 rings (SSSR count). The van der Waals surface area contributed by atoms with E-state index in [0.717, 1.165) is 17.3 Å². The summed E-state index contributed by atoms with van der Waals surface area (Å²) in [4.78, 5) is 22.3. The Balaban J connectivity index is 2.18. The zero-order valence-corrected chi connectivity index (χ0v) is 13.6. The van der Waals surface area contributed by atoms with E-state index in [1.165, 1.54) is 13.2 Å². The molecule has 126 valence electrons. The summed E-state index contributed by atoms with van der Waals surface area (Å²) in [6.45, 7) is 0.592. The summed E-state index contributed by atoms with van der Waals surface area (Å²) in [6.07, 6.45) is 4.08. The molecule has 0 radical (unpaired) electrons. The minimum atomic E-state index is -0.527. The Hall–Kier alpha value is -3.41. The number of rotatable bonds is 5. The summed E-state index contributed by atoms with van der Waals surface area (Å²) in [5.74, 6) is -0.473. The van der Waals surface area contributed by atoms with Crippen molar-refractivity contribution in [2.24, 2.45) is 0 Å². The maximum Gasteiger partial charge on any atom is 0.338 e. The molecule has 0 unspecified atom stereocenters. The Morgan fingerprint density at radius 2 is 1.96 bits per heavy atom. The van der Waals surface area contributed by atoms with Gasteiger partial charge in [0, 0.05) is 35.3 Å². The van der Waals surface area contributed by atoms with Crippen LogP contribution in [0, 0.1) is 10.1 Å². The van der Waals surface area contributed by atoms with Gasteiger partial charge in [-0.15, -0.1) is 0 Å². The number of benzene rings is 2. The molecule has 25 heavy (non-hydrogen) atoms. The van der Waals surface area contributed by atoms with E-state index in [1.54, 1.807) is 12.1 Å². The van der Waals surface area contributed by atoms with Crippen molar-refractivity contribution in [1.82, 2.24) is 4.57 Å². The lowest BCUT2D eigenvalue weighted by Gasteiger charge is -2.07. The summed E-state index contributed by atoms with van der Waals surface area (Å²) >= 11 is 0. The molecule has 0 aliphatic heterocycles. The first-order valence-electron chi connectivity index (χ1n) is 7.66. The van der Waals surface area contributed by atoms with Gasteiger partial charge < -0.3 is 9.30 Å². The summed E-state index contributed by atoms with van der Waals surface area (Å²) in [5.41, 5.74) is 2.89. The van der Waals surface area contributed by atoms with Crippen molar-refractivity contribution in [3.8, 4) is 0 Å². The number of aromatic nitrogens is 1. The molecule has 0 amide bonds. The number of esters is 1. The van der Waals surface area contributed by atoms with Crippen molar-refractivity contribution in [2.75, 3.05) is 7.11 Å². The second-order valence-electron chi connectivity index (χ2n) is 5.49. The van der Waals surface area contributed by atoms with Gasteiger partial charge in [0.1, 0.15) is 0 Å². The molecule has 0 bridgehead atoms. The summed E-state index contributed by atoms with van der Waals surface area (Å²) < 4.78 is 6.82. The third kappa shape index (κ3) is 3.42. The molecule has 0 saturated heterocycles. The minimum Gasteiger partial charge on any atom is -0.465 e. The van der Waals surface area contributed by atoms with Crippen LogP contribution >= 0.6 is 0 Å². The zero-order chi connectivity index (χ0) is 17.8. The molecule has 0 spiro atoms. The van der Waals surface area contributed by atoms with Crippen molar-refractivity contribution < 1.29 is 14.5 Å². The fourth-order valence-electron chi connectivity index (χ4n) is 2.84. The van der Waals surface area contributed by atoms with Gasteiger partial charge in [0.2, 0.25) is 6.20 Å². The number of carbonyl (C=O) groups excluding carboxylic acids is 1. The van der Waals surface area contributed by atoms with E-state index < -0.39 is 10.9 Å².